The fourth-order valence-corrected chi connectivity index (χ4v) is 3.07. The minimum Gasteiger partial charge on any atom is -0.396 e. The van der Waals surface area contributed by atoms with E-state index < -0.39 is 0 Å². The molecule has 0 atom stereocenters. The molecule has 1 heterocycles. The molecule has 0 unspecified atom stereocenters. The van der Waals surface area contributed by atoms with Gasteiger partial charge in [0.2, 0.25) is 0 Å². The molecule has 0 bridgehead atoms. The van der Waals surface area contributed by atoms with E-state index in [1.807, 2.05) is 44.4 Å². The van der Waals surface area contributed by atoms with Gasteiger partial charge in [0.25, 0.3) is 5.91 Å². The molecule has 0 aliphatic rings. The van der Waals surface area contributed by atoms with Crippen LogP contribution in [0.2, 0.25) is 0 Å². The molecule has 3 nitrogen and oxygen atoms in total. The summed E-state index contributed by atoms with van der Waals surface area (Å²) in [4.78, 5) is 13.2. The molecule has 4 heteroatoms. The van der Waals surface area contributed by atoms with E-state index >= 15 is 0 Å². The Hall–Kier alpha value is -1.65. The molecule has 2 rings (SSSR count). The molecular formula is C18H23NO2S. The standard InChI is InChI=1S/C18H23NO2S/c1-13-4-6-14(7-5-13)15-8-11-22-16(15)17(21)19-12-18(2,3)9-10-20/h4-8,11,20H,9-10,12H2,1-3H3,(H,19,21). The first-order chi connectivity index (χ1) is 10.4. The van der Waals surface area contributed by atoms with Crippen LogP contribution < -0.4 is 5.32 Å². The average molecular weight is 317 g/mol. The highest BCUT2D eigenvalue weighted by Crippen LogP contribution is 2.29. The van der Waals surface area contributed by atoms with E-state index in [-0.39, 0.29) is 17.9 Å². The highest BCUT2D eigenvalue weighted by Gasteiger charge is 2.20. The fourth-order valence-electron chi connectivity index (χ4n) is 2.24. The first-order valence-electron chi connectivity index (χ1n) is 7.46. The average Bonchev–Trinajstić information content (AvgIpc) is 2.95. The highest BCUT2D eigenvalue weighted by atomic mass is 32.1. The number of nitrogens with one attached hydrogen (secondary N) is 1. The second kappa shape index (κ2) is 7.07. The van der Waals surface area contributed by atoms with Gasteiger partial charge in [-0.15, -0.1) is 11.3 Å². The number of carbonyl (C=O) groups excluding carboxylic acids is 1. The molecule has 0 radical (unpaired) electrons. The van der Waals surface area contributed by atoms with Gasteiger partial charge in [-0.1, -0.05) is 43.7 Å². The van der Waals surface area contributed by atoms with Crippen LogP contribution in [0.15, 0.2) is 35.7 Å². The summed E-state index contributed by atoms with van der Waals surface area (Å²) in [5, 5.41) is 14.0. The number of hydrogen-bond acceptors (Lipinski definition) is 3. The van der Waals surface area contributed by atoms with Crippen molar-refractivity contribution in [2.24, 2.45) is 5.41 Å². The predicted molar refractivity (Wildman–Crippen MR) is 92.3 cm³/mol. The molecule has 22 heavy (non-hydrogen) atoms. The van der Waals surface area contributed by atoms with Crippen LogP contribution >= 0.6 is 11.3 Å². The summed E-state index contributed by atoms with van der Waals surface area (Å²) in [6, 6.07) is 10.2. The Morgan fingerprint density at radius 1 is 1.23 bits per heavy atom. The van der Waals surface area contributed by atoms with Crippen molar-refractivity contribution >= 4 is 17.2 Å². The van der Waals surface area contributed by atoms with E-state index in [0.717, 1.165) is 16.0 Å². The van der Waals surface area contributed by atoms with Gasteiger partial charge in [0.1, 0.15) is 0 Å². The van der Waals surface area contributed by atoms with Crippen molar-refractivity contribution in [1.29, 1.82) is 0 Å². The van der Waals surface area contributed by atoms with Crippen molar-refractivity contribution < 1.29 is 9.90 Å². The van der Waals surface area contributed by atoms with Crippen molar-refractivity contribution in [2.75, 3.05) is 13.2 Å². The Bertz CT molecular complexity index is 629. The summed E-state index contributed by atoms with van der Waals surface area (Å²) in [6.45, 7) is 6.82. The van der Waals surface area contributed by atoms with Gasteiger partial charge < -0.3 is 10.4 Å². The quantitative estimate of drug-likeness (QED) is 0.850. The lowest BCUT2D eigenvalue weighted by molar-refractivity contribution is 0.0933. The van der Waals surface area contributed by atoms with Crippen molar-refractivity contribution in [1.82, 2.24) is 5.32 Å². The highest BCUT2D eigenvalue weighted by molar-refractivity contribution is 7.12. The lowest BCUT2D eigenvalue weighted by Crippen LogP contribution is -2.34. The molecule has 0 aliphatic carbocycles. The summed E-state index contributed by atoms with van der Waals surface area (Å²) in [6.07, 6.45) is 0.669. The molecule has 1 aromatic heterocycles. The Morgan fingerprint density at radius 3 is 2.55 bits per heavy atom. The Labute approximate surface area is 136 Å². The minimum atomic E-state index is -0.105. The second-order valence-corrected chi connectivity index (χ2v) is 7.27. The van der Waals surface area contributed by atoms with Crippen LogP contribution in [-0.2, 0) is 0 Å². The van der Waals surface area contributed by atoms with E-state index in [1.165, 1.54) is 16.9 Å². The van der Waals surface area contributed by atoms with Crippen LogP contribution in [0.4, 0.5) is 0 Å². The van der Waals surface area contributed by atoms with Crippen LogP contribution in [0.1, 0.15) is 35.5 Å². The normalized spacial score (nSPS) is 11.5. The first-order valence-corrected chi connectivity index (χ1v) is 8.34. The first kappa shape index (κ1) is 16.7. The van der Waals surface area contributed by atoms with Gasteiger partial charge in [0.15, 0.2) is 0 Å². The topological polar surface area (TPSA) is 49.3 Å². The van der Waals surface area contributed by atoms with Gasteiger partial charge in [-0.05, 0) is 35.8 Å². The van der Waals surface area contributed by atoms with Crippen molar-refractivity contribution in [2.45, 2.75) is 27.2 Å². The molecule has 1 amide bonds. The molecular weight excluding hydrogens is 294 g/mol. The van der Waals surface area contributed by atoms with Crippen LogP contribution in [0.3, 0.4) is 0 Å². The SMILES string of the molecule is Cc1ccc(-c2ccsc2C(=O)NCC(C)(C)CCO)cc1. The zero-order chi connectivity index (χ0) is 16.2. The van der Waals surface area contributed by atoms with Crippen LogP contribution in [0, 0.1) is 12.3 Å². The number of aryl methyl sites for hydroxylation is 1. The molecule has 0 saturated heterocycles. The number of thiophene rings is 1. The van der Waals surface area contributed by atoms with Crippen molar-refractivity contribution in [3.63, 3.8) is 0 Å². The maximum absolute atomic E-state index is 12.5. The summed E-state index contributed by atoms with van der Waals surface area (Å²) in [5.74, 6) is -0.0448. The molecule has 2 aromatic rings. The Kier molecular flexibility index (Phi) is 5.37. The van der Waals surface area contributed by atoms with Crippen LogP contribution in [-0.4, -0.2) is 24.2 Å². The predicted octanol–water partition coefficient (Wildman–Crippen LogP) is 3.86. The van der Waals surface area contributed by atoms with Gasteiger partial charge in [-0.25, -0.2) is 0 Å². The van der Waals surface area contributed by atoms with Crippen LogP contribution in [0.5, 0.6) is 0 Å². The molecule has 2 N–H and O–H groups in total. The van der Waals surface area contributed by atoms with Gasteiger partial charge in [0, 0.05) is 18.7 Å². The van der Waals surface area contributed by atoms with Crippen molar-refractivity contribution in [3.8, 4) is 11.1 Å². The van der Waals surface area contributed by atoms with E-state index in [1.54, 1.807) is 0 Å². The summed E-state index contributed by atoms with van der Waals surface area (Å²) in [7, 11) is 0. The number of carbonyl (C=O) groups is 1. The van der Waals surface area contributed by atoms with Crippen molar-refractivity contribution in [3.05, 3.63) is 46.2 Å². The number of aliphatic hydroxyl groups excluding tert-OH is 1. The molecule has 0 fully saturated rings. The van der Waals surface area contributed by atoms with Gasteiger partial charge in [-0.2, -0.15) is 0 Å². The molecule has 118 valence electrons. The molecule has 0 spiro atoms. The lowest BCUT2D eigenvalue weighted by Gasteiger charge is -2.23. The summed E-state index contributed by atoms with van der Waals surface area (Å²) >= 11 is 1.46. The van der Waals surface area contributed by atoms with Gasteiger partial charge in [-0.3, -0.25) is 4.79 Å². The number of benzene rings is 1. The Balaban J connectivity index is 2.12. The number of amides is 1. The fraction of sp³-hybridized carbons (Fsp3) is 0.389. The maximum atomic E-state index is 12.5. The molecule has 0 saturated carbocycles. The van der Waals surface area contributed by atoms with Crippen LogP contribution in [0.25, 0.3) is 11.1 Å². The number of rotatable bonds is 6. The number of aliphatic hydroxyl groups is 1. The van der Waals surface area contributed by atoms with E-state index in [0.29, 0.717) is 13.0 Å². The van der Waals surface area contributed by atoms with Gasteiger partial charge in [0.05, 0.1) is 4.88 Å². The molecule has 0 aliphatic heterocycles. The van der Waals surface area contributed by atoms with E-state index in [4.69, 9.17) is 5.11 Å². The third-order valence-electron chi connectivity index (χ3n) is 3.75. The summed E-state index contributed by atoms with van der Waals surface area (Å²) in [5.41, 5.74) is 3.14. The largest absolute Gasteiger partial charge is 0.396 e. The van der Waals surface area contributed by atoms with E-state index in [2.05, 4.69) is 17.4 Å². The van der Waals surface area contributed by atoms with E-state index in [9.17, 15) is 4.79 Å². The third kappa shape index (κ3) is 4.18. The summed E-state index contributed by atoms with van der Waals surface area (Å²) < 4.78 is 0. The Morgan fingerprint density at radius 2 is 1.91 bits per heavy atom. The maximum Gasteiger partial charge on any atom is 0.262 e. The minimum absolute atomic E-state index is 0.0448. The van der Waals surface area contributed by atoms with Gasteiger partial charge >= 0.3 is 0 Å². The zero-order valence-electron chi connectivity index (χ0n) is 13.3. The zero-order valence-corrected chi connectivity index (χ0v) is 14.2. The monoisotopic (exact) mass is 317 g/mol. The third-order valence-corrected chi connectivity index (χ3v) is 4.66. The molecule has 1 aromatic carbocycles. The lowest BCUT2D eigenvalue weighted by atomic mass is 9.90. The second-order valence-electron chi connectivity index (χ2n) is 6.35. The smallest absolute Gasteiger partial charge is 0.262 e. The number of hydrogen-bond donors (Lipinski definition) is 2.